The molecule has 0 amide bonds. The molecular formula is C38H26N4. The Labute approximate surface area is 243 Å². The van der Waals surface area contributed by atoms with Gasteiger partial charge in [-0.15, -0.1) is 10.2 Å². The zero-order valence-electron chi connectivity index (χ0n) is 22.8. The van der Waals surface area contributed by atoms with Gasteiger partial charge in [-0.25, -0.2) is 0 Å². The van der Waals surface area contributed by atoms with Crippen molar-refractivity contribution in [1.82, 2.24) is 14.6 Å². The average molecular weight is 539 g/mol. The number of hydrogen-bond donors (Lipinski definition) is 0. The topological polar surface area (TPSA) is 33.4 Å². The molecule has 0 spiro atoms. The first kappa shape index (κ1) is 24.1. The van der Waals surface area contributed by atoms with Crippen molar-refractivity contribution in [2.45, 2.75) is 0 Å². The van der Waals surface area contributed by atoms with Gasteiger partial charge in [-0.2, -0.15) is 0 Å². The maximum Gasteiger partial charge on any atom is 0.169 e. The molecule has 0 aliphatic carbocycles. The third-order valence-electron chi connectivity index (χ3n) is 7.87. The minimum absolute atomic E-state index is 0.838. The number of rotatable bonds is 5. The van der Waals surface area contributed by atoms with E-state index < -0.39 is 0 Å². The third-order valence-corrected chi connectivity index (χ3v) is 7.87. The first-order chi connectivity index (χ1) is 20.8. The average Bonchev–Trinajstić information content (AvgIpc) is 3.53. The maximum atomic E-state index is 4.71. The third kappa shape index (κ3) is 4.01. The van der Waals surface area contributed by atoms with E-state index >= 15 is 0 Å². The molecule has 8 aromatic rings. The Morgan fingerprint density at radius 1 is 0.405 bits per heavy atom. The first-order valence-electron chi connectivity index (χ1n) is 14.1. The van der Waals surface area contributed by atoms with E-state index in [1.165, 1.54) is 10.8 Å². The molecule has 0 aliphatic heterocycles. The standard InChI is InChI=1S/C38H26N4/c1-3-14-30(15-4-1)41(31-16-5-2-6-17-31)32-24-22-27(23-25-32)28-12-11-13-29(26-28)37-39-40-38-35-20-8-7-18-33(35)34-19-9-10-21-36(34)42(37)38/h1-26H. The van der Waals surface area contributed by atoms with E-state index in [9.17, 15) is 0 Å². The van der Waals surface area contributed by atoms with Gasteiger partial charge in [0.05, 0.1) is 5.52 Å². The van der Waals surface area contributed by atoms with Crippen molar-refractivity contribution in [2.75, 3.05) is 4.90 Å². The summed E-state index contributed by atoms with van der Waals surface area (Å²) in [5.41, 5.74) is 8.62. The van der Waals surface area contributed by atoms with Gasteiger partial charge in [0.1, 0.15) is 0 Å². The fourth-order valence-electron chi connectivity index (χ4n) is 5.93. The lowest BCUT2D eigenvalue weighted by Gasteiger charge is -2.25. The molecule has 0 fully saturated rings. The highest BCUT2D eigenvalue weighted by Crippen LogP contribution is 2.36. The van der Waals surface area contributed by atoms with Crippen LogP contribution in [0.4, 0.5) is 17.1 Å². The van der Waals surface area contributed by atoms with Crippen LogP contribution in [0.1, 0.15) is 0 Å². The molecule has 2 aromatic heterocycles. The monoisotopic (exact) mass is 538 g/mol. The van der Waals surface area contributed by atoms with Crippen LogP contribution < -0.4 is 4.90 Å². The van der Waals surface area contributed by atoms with Crippen LogP contribution in [0.15, 0.2) is 158 Å². The van der Waals surface area contributed by atoms with E-state index in [1.807, 2.05) is 12.1 Å². The highest BCUT2D eigenvalue weighted by molar-refractivity contribution is 6.12. The van der Waals surface area contributed by atoms with Crippen molar-refractivity contribution in [1.29, 1.82) is 0 Å². The molecule has 0 bridgehead atoms. The maximum absolute atomic E-state index is 4.71. The Morgan fingerprint density at radius 2 is 0.976 bits per heavy atom. The summed E-state index contributed by atoms with van der Waals surface area (Å²) in [6.45, 7) is 0. The van der Waals surface area contributed by atoms with Crippen molar-refractivity contribution in [3.8, 4) is 22.5 Å². The van der Waals surface area contributed by atoms with E-state index in [0.717, 1.165) is 56.1 Å². The van der Waals surface area contributed by atoms with Gasteiger partial charge in [0.2, 0.25) is 0 Å². The van der Waals surface area contributed by atoms with E-state index in [2.05, 4.69) is 160 Å². The van der Waals surface area contributed by atoms with Crippen LogP contribution in [0.3, 0.4) is 0 Å². The van der Waals surface area contributed by atoms with Crippen LogP contribution >= 0.6 is 0 Å². The second-order valence-corrected chi connectivity index (χ2v) is 10.4. The second-order valence-electron chi connectivity index (χ2n) is 10.4. The van der Waals surface area contributed by atoms with Gasteiger partial charge >= 0.3 is 0 Å². The van der Waals surface area contributed by atoms with Crippen molar-refractivity contribution >= 4 is 44.4 Å². The number of anilines is 3. The summed E-state index contributed by atoms with van der Waals surface area (Å²) in [6, 6.07) is 55.2. The molecule has 0 atom stereocenters. The molecule has 4 nitrogen and oxygen atoms in total. The number of pyridine rings is 1. The van der Waals surface area contributed by atoms with Crippen molar-refractivity contribution in [2.24, 2.45) is 0 Å². The molecule has 0 saturated carbocycles. The van der Waals surface area contributed by atoms with E-state index in [4.69, 9.17) is 5.10 Å². The minimum Gasteiger partial charge on any atom is -0.311 e. The van der Waals surface area contributed by atoms with Crippen molar-refractivity contribution < 1.29 is 0 Å². The summed E-state index contributed by atoms with van der Waals surface area (Å²) in [5, 5.41) is 12.9. The SMILES string of the molecule is c1ccc(N(c2ccccc2)c2ccc(-c3cccc(-c4nnc5c6ccccc6c6ccccc6n45)c3)cc2)cc1. The van der Waals surface area contributed by atoms with Gasteiger partial charge in [-0.05, 0) is 65.0 Å². The molecule has 0 radical (unpaired) electrons. The Hall–Kier alpha value is -5.74. The van der Waals surface area contributed by atoms with Gasteiger partial charge in [0, 0.05) is 33.4 Å². The Bertz CT molecular complexity index is 2140. The summed E-state index contributed by atoms with van der Waals surface area (Å²) < 4.78 is 2.19. The molecular weight excluding hydrogens is 512 g/mol. The van der Waals surface area contributed by atoms with Crippen LogP contribution in [0.25, 0.3) is 49.8 Å². The number of aromatic nitrogens is 3. The molecule has 0 aliphatic rings. The second kappa shape index (κ2) is 10.0. The first-order valence-corrected chi connectivity index (χ1v) is 14.1. The fraction of sp³-hybridized carbons (Fsp3) is 0. The largest absolute Gasteiger partial charge is 0.311 e. The summed E-state index contributed by atoms with van der Waals surface area (Å²) >= 11 is 0. The van der Waals surface area contributed by atoms with Crippen LogP contribution in [0.2, 0.25) is 0 Å². The van der Waals surface area contributed by atoms with Crippen molar-refractivity contribution in [3.63, 3.8) is 0 Å². The number of nitrogens with zero attached hydrogens (tertiary/aromatic N) is 4. The number of fused-ring (bicyclic) bond motifs is 6. The highest BCUT2D eigenvalue weighted by atomic mass is 15.2. The van der Waals surface area contributed by atoms with Crippen LogP contribution in [0, 0.1) is 0 Å². The number of para-hydroxylation sites is 3. The van der Waals surface area contributed by atoms with Gasteiger partial charge in [0.25, 0.3) is 0 Å². The quantitative estimate of drug-likeness (QED) is 0.205. The zero-order valence-corrected chi connectivity index (χ0v) is 22.8. The predicted octanol–water partition coefficient (Wildman–Crippen LogP) is 9.84. The predicted molar refractivity (Wildman–Crippen MR) is 174 cm³/mol. The van der Waals surface area contributed by atoms with Crippen LogP contribution in [-0.4, -0.2) is 14.6 Å². The lowest BCUT2D eigenvalue weighted by molar-refractivity contribution is 1.12. The lowest BCUT2D eigenvalue weighted by Crippen LogP contribution is -2.09. The molecule has 0 saturated heterocycles. The lowest BCUT2D eigenvalue weighted by atomic mass is 10.0. The number of hydrogen-bond acceptors (Lipinski definition) is 3. The number of benzene rings is 6. The van der Waals surface area contributed by atoms with Gasteiger partial charge in [0.15, 0.2) is 11.5 Å². The molecule has 0 unspecified atom stereocenters. The van der Waals surface area contributed by atoms with Crippen molar-refractivity contribution in [3.05, 3.63) is 158 Å². The summed E-state index contributed by atoms with van der Waals surface area (Å²) in [7, 11) is 0. The van der Waals surface area contributed by atoms with Crippen LogP contribution in [0.5, 0.6) is 0 Å². The molecule has 6 aromatic carbocycles. The molecule has 198 valence electrons. The summed E-state index contributed by atoms with van der Waals surface area (Å²) in [4.78, 5) is 2.28. The summed E-state index contributed by atoms with van der Waals surface area (Å²) in [5.74, 6) is 0.838. The Balaban J connectivity index is 1.22. The van der Waals surface area contributed by atoms with Gasteiger partial charge in [-0.1, -0.05) is 109 Å². The Kier molecular flexibility index (Phi) is 5.75. The fourth-order valence-corrected chi connectivity index (χ4v) is 5.93. The molecule has 8 rings (SSSR count). The highest BCUT2D eigenvalue weighted by Gasteiger charge is 2.16. The molecule has 2 heterocycles. The van der Waals surface area contributed by atoms with Crippen LogP contribution in [-0.2, 0) is 0 Å². The summed E-state index contributed by atoms with van der Waals surface area (Å²) in [6.07, 6.45) is 0. The molecule has 0 N–H and O–H groups in total. The smallest absolute Gasteiger partial charge is 0.169 e. The normalized spacial score (nSPS) is 11.3. The van der Waals surface area contributed by atoms with E-state index in [0.29, 0.717) is 0 Å². The zero-order chi connectivity index (χ0) is 27.9. The Morgan fingerprint density at radius 3 is 1.69 bits per heavy atom. The minimum atomic E-state index is 0.838. The molecule has 42 heavy (non-hydrogen) atoms. The van der Waals surface area contributed by atoms with Gasteiger partial charge in [-0.3, -0.25) is 4.40 Å². The van der Waals surface area contributed by atoms with E-state index in [1.54, 1.807) is 0 Å². The van der Waals surface area contributed by atoms with E-state index in [-0.39, 0.29) is 0 Å². The van der Waals surface area contributed by atoms with Gasteiger partial charge < -0.3 is 4.90 Å². The molecule has 4 heteroatoms.